The molecule has 2 heteroatoms. The molecular formula is C14H23NO. The Kier molecular flexibility index (Phi) is 4.46. The molecule has 0 bridgehead atoms. The number of rotatable bonds is 5. The van der Waals surface area contributed by atoms with Crippen LogP contribution in [-0.4, -0.2) is 6.04 Å². The van der Waals surface area contributed by atoms with Crippen LogP contribution in [0.5, 0.6) is 0 Å². The topological polar surface area (TPSA) is 39.2 Å². The molecule has 0 spiro atoms. The van der Waals surface area contributed by atoms with E-state index in [1.807, 2.05) is 6.07 Å². The molecule has 0 radical (unpaired) electrons. The summed E-state index contributed by atoms with van der Waals surface area (Å²) in [5.74, 6) is 0.948. The summed E-state index contributed by atoms with van der Waals surface area (Å²) in [4.78, 5) is 0. The van der Waals surface area contributed by atoms with Gasteiger partial charge in [0.25, 0.3) is 0 Å². The zero-order chi connectivity index (χ0) is 11.2. The minimum atomic E-state index is 0.305. The summed E-state index contributed by atoms with van der Waals surface area (Å²) < 4.78 is 5.05. The van der Waals surface area contributed by atoms with E-state index in [1.165, 1.54) is 44.1 Å². The van der Waals surface area contributed by atoms with Gasteiger partial charge in [-0.05, 0) is 36.8 Å². The van der Waals surface area contributed by atoms with Crippen LogP contribution in [0.4, 0.5) is 0 Å². The SMILES string of the molecule is NC(CCC1CCCCC1)Cc1ccoc1. The Balaban J connectivity index is 1.65. The van der Waals surface area contributed by atoms with Crippen molar-refractivity contribution in [2.24, 2.45) is 11.7 Å². The molecule has 1 atom stereocenters. The van der Waals surface area contributed by atoms with Crippen LogP contribution in [0, 0.1) is 5.92 Å². The molecule has 16 heavy (non-hydrogen) atoms. The average molecular weight is 221 g/mol. The van der Waals surface area contributed by atoms with Gasteiger partial charge in [-0.1, -0.05) is 32.1 Å². The van der Waals surface area contributed by atoms with Crippen LogP contribution in [0.1, 0.15) is 50.5 Å². The molecule has 2 rings (SSSR count). The first-order valence-electron chi connectivity index (χ1n) is 6.61. The molecule has 1 heterocycles. The predicted octanol–water partition coefficient (Wildman–Crippen LogP) is 3.51. The highest BCUT2D eigenvalue weighted by molar-refractivity contribution is 5.06. The van der Waals surface area contributed by atoms with Crippen molar-refractivity contribution in [3.63, 3.8) is 0 Å². The highest BCUT2D eigenvalue weighted by Crippen LogP contribution is 2.27. The lowest BCUT2D eigenvalue weighted by Crippen LogP contribution is -2.23. The monoisotopic (exact) mass is 221 g/mol. The van der Waals surface area contributed by atoms with Gasteiger partial charge in [0.1, 0.15) is 0 Å². The smallest absolute Gasteiger partial charge is 0.0935 e. The first-order chi connectivity index (χ1) is 7.84. The van der Waals surface area contributed by atoms with Crippen LogP contribution >= 0.6 is 0 Å². The van der Waals surface area contributed by atoms with Gasteiger partial charge >= 0.3 is 0 Å². The van der Waals surface area contributed by atoms with Crippen molar-refractivity contribution < 1.29 is 4.42 Å². The zero-order valence-corrected chi connectivity index (χ0v) is 10.0. The molecule has 1 saturated carbocycles. The van der Waals surface area contributed by atoms with Crippen molar-refractivity contribution in [2.45, 2.75) is 57.4 Å². The van der Waals surface area contributed by atoms with Crippen molar-refractivity contribution >= 4 is 0 Å². The van der Waals surface area contributed by atoms with E-state index in [0.717, 1.165) is 18.8 Å². The maximum absolute atomic E-state index is 6.14. The standard InChI is InChI=1S/C14H23NO/c15-14(10-13-8-9-16-11-13)7-6-12-4-2-1-3-5-12/h8-9,11-12,14H,1-7,10,15H2. The number of furan rings is 1. The Bertz CT molecular complexity index is 275. The van der Waals surface area contributed by atoms with Crippen LogP contribution in [0.25, 0.3) is 0 Å². The fraction of sp³-hybridized carbons (Fsp3) is 0.714. The summed E-state index contributed by atoms with van der Waals surface area (Å²) in [6, 6.07) is 2.32. The molecule has 1 unspecified atom stereocenters. The first kappa shape index (κ1) is 11.7. The molecule has 0 amide bonds. The third-order valence-corrected chi connectivity index (χ3v) is 3.75. The Hall–Kier alpha value is -0.760. The number of hydrogen-bond donors (Lipinski definition) is 1. The summed E-state index contributed by atoms with van der Waals surface area (Å²) >= 11 is 0. The zero-order valence-electron chi connectivity index (χ0n) is 10.0. The normalized spacial score (nSPS) is 19.8. The van der Waals surface area contributed by atoms with Crippen LogP contribution in [0.15, 0.2) is 23.0 Å². The summed E-state index contributed by atoms with van der Waals surface area (Å²) in [6.45, 7) is 0. The van der Waals surface area contributed by atoms with Gasteiger partial charge < -0.3 is 10.2 Å². The maximum Gasteiger partial charge on any atom is 0.0935 e. The Morgan fingerprint density at radius 3 is 2.81 bits per heavy atom. The molecule has 90 valence electrons. The van der Waals surface area contributed by atoms with Gasteiger partial charge in [0.05, 0.1) is 12.5 Å². The fourth-order valence-corrected chi connectivity index (χ4v) is 2.74. The second-order valence-electron chi connectivity index (χ2n) is 5.18. The molecule has 0 aromatic carbocycles. The second-order valence-corrected chi connectivity index (χ2v) is 5.18. The van der Waals surface area contributed by atoms with E-state index in [9.17, 15) is 0 Å². The van der Waals surface area contributed by atoms with Gasteiger partial charge in [-0.15, -0.1) is 0 Å². The minimum absolute atomic E-state index is 0.305. The molecule has 0 aliphatic heterocycles. The van der Waals surface area contributed by atoms with E-state index >= 15 is 0 Å². The van der Waals surface area contributed by atoms with Crippen LogP contribution in [0.2, 0.25) is 0 Å². The molecule has 1 fully saturated rings. The summed E-state index contributed by atoms with van der Waals surface area (Å²) in [6.07, 6.45) is 14.1. The van der Waals surface area contributed by atoms with Gasteiger partial charge in [-0.3, -0.25) is 0 Å². The average Bonchev–Trinajstić information content (AvgIpc) is 2.81. The molecule has 2 nitrogen and oxygen atoms in total. The fourth-order valence-electron chi connectivity index (χ4n) is 2.74. The molecule has 1 aliphatic rings. The van der Waals surface area contributed by atoms with Crippen molar-refractivity contribution in [2.75, 3.05) is 0 Å². The van der Waals surface area contributed by atoms with E-state index < -0.39 is 0 Å². The van der Waals surface area contributed by atoms with E-state index in [-0.39, 0.29) is 0 Å². The van der Waals surface area contributed by atoms with Crippen LogP contribution in [0.3, 0.4) is 0 Å². The van der Waals surface area contributed by atoms with Crippen molar-refractivity contribution in [1.82, 2.24) is 0 Å². The van der Waals surface area contributed by atoms with Gasteiger partial charge in [-0.25, -0.2) is 0 Å². The molecule has 1 aromatic rings. The van der Waals surface area contributed by atoms with Crippen molar-refractivity contribution in [3.8, 4) is 0 Å². The first-order valence-corrected chi connectivity index (χ1v) is 6.61. The molecule has 2 N–H and O–H groups in total. The van der Waals surface area contributed by atoms with Crippen LogP contribution < -0.4 is 5.73 Å². The second kappa shape index (κ2) is 6.09. The van der Waals surface area contributed by atoms with Crippen molar-refractivity contribution in [1.29, 1.82) is 0 Å². The quantitative estimate of drug-likeness (QED) is 0.826. The van der Waals surface area contributed by atoms with E-state index in [2.05, 4.69) is 0 Å². The van der Waals surface area contributed by atoms with E-state index in [4.69, 9.17) is 10.2 Å². The Morgan fingerprint density at radius 2 is 2.12 bits per heavy atom. The molecule has 0 saturated heterocycles. The van der Waals surface area contributed by atoms with Gasteiger partial charge in [-0.2, -0.15) is 0 Å². The number of nitrogens with two attached hydrogens (primary N) is 1. The number of hydrogen-bond acceptors (Lipinski definition) is 2. The van der Waals surface area contributed by atoms with Gasteiger partial charge in [0.15, 0.2) is 0 Å². The third-order valence-electron chi connectivity index (χ3n) is 3.75. The summed E-state index contributed by atoms with van der Waals surface area (Å²) in [5, 5.41) is 0. The largest absolute Gasteiger partial charge is 0.472 e. The molecular weight excluding hydrogens is 198 g/mol. The molecule has 1 aliphatic carbocycles. The Labute approximate surface area is 98.2 Å². The van der Waals surface area contributed by atoms with Crippen LogP contribution in [-0.2, 0) is 6.42 Å². The lowest BCUT2D eigenvalue weighted by atomic mass is 9.85. The van der Waals surface area contributed by atoms with Gasteiger partial charge in [0, 0.05) is 6.04 Å². The third kappa shape index (κ3) is 3.67. The van der Waals surface area contributed by atoms with Gasteiger partial charge in [0.2, 0.25) is 0 Å². The van der Waals surface area contributed by atoms with Crippen molar-refractivity contribution in [3.05, 3.63) is 24.2 Å². The van der Waals surface area contributed by atoms with E-state index in [1.54, 1.807) is 12.5 Å². The lowest BCUT2D eigenvalue weighted by molar-refractivity contribution is 0.323. The van der Waals surface area contributed by atoms with E-state index in [0.29, 0.717) is 6.04 Å². The maximum atomic E-state index is 6.14. The highest BCUT2D eigenvalue weighted by Gasteiger charge is 2.14. The predicted molar refractivity (Wildman–Crippen MR) is 66.2 cm³/mol. The highest BCUT2D eigenvalue weighted by atomic mass is 16.3. The Morgan fingerprint density at radius 1 is 1.31 bits per heavy atom. The summed E-state index contributed by atoms with van der Waals surface area (Å²) in [5.41, 5.74) is 7.37. The molecule has 1 aromatic heterocycles. The lowest BCUT2D eigenvalue weighted by Gasteiger charge is -2.22. The minimum Gasteiger partial charge on any atom is -0.472 e. The summed E-state index contributed by atoms with van der Waals surface area (Å²) in [7, 11) is 0.